The van der Waals surface area contributed by atoms with Gasteiger partial charge in [0.15, 0.2) is 22.3 Å². The van der Waals surface area contributed by atoms with Crippen molar-refractivity contribution in [2.24, 2.45) is 0 Å². The van der Waals surface area contributed by atoms with E-state index >= 15 is 0 Å². The first-order valence-corrected chi connectivity index (χ1v) is 49.0. The van der Waals surface area contributed by atoms with Gasteiger partial charge in [-0.25, -0.2) is 34.9 Å². The van der Waals surface area contributed by atoms with E-state index in [4.69, 9.17) is 22.7 Å². The second-order valence-electron chi connectivity index (χ2n) is 36.2. The summed E-state index contributed by atoms with van der Waals surface area (Å²) in [6, 6.07) is 150. The molecular weight excluding hydrogens is 1840 g/mol. The SMILES string of the molecule is c1ccc(-c2ccc3c(c2)c2cc(-c4ccccc4)ccc2n3-c2ccc(-c3nc4ccncc4o3)cc2)cc1.c1ccc(-c2ccc3c(c2)c2cc(-c4ccccc4)ccc2n3-c2ccc(-c3nc4ccncc4o3)nc2)cc1.c1ccc(N(c2ccccc2)c2ccc3c(c2)c2ccccc2n3-c2ccc(-c3nc4ccncc4o3)cc2)cc1.c1ccc2c(c1)c1cccnc1n2-c1ccc(-c2nc3ccncc3o2)nc1. The summed E-state index contributed by atoms with van der Waals surface area (Å²) in [6.45, 7) is 0. The van der Waals surface area contributed by atoms with Gasteiger partial charge in [-0.2, -0.15) is 0 Å². The minimum atomic E-state index is 0.481. The zero-order valence-electron chi connectivity index (χ0n) is 79.6. The highest BCUT2D eigenvalue weighted by molar-refractivity contribution is 6.15. The third kappa shape index (κ3) is 16.4. The first-order chi connectivity index (χ1) is 73.8. The predicted molar refractivity (Wildman–Crippen MR) is 596 cm³/mol. The van der Waals surface area contributed by atoms with Gasteiger partial charge < -0.3 is 36.3 Å². The Balaban J connectivity index is 0.0000000987. The van der Waals surface area contributed by atoms with Crippen LogP contribution >= 0.6 is 0 Å². The highest BCUT2D eigenvalue weighted by Gasteiger charge is 2.25. The third-order valence-corrected chi connectivity index (χ3v) is 27.3. The number of para-hydroxylation sites is 4. The molecular formula is C129H82N16O4. The molecule has 702 valence electrons. The van der Waals surface area contributed by atoms with Crippen molar-refractivity contribution in [1.29, 1.82) is 0 Å². The molecule has 0 N–H and O–H groups in total. The topological polar surface area (TPSA) is 217 Å². The van der Waals surface area contributed by atoms with E-state index in [0.29, 0.717) is 57.3 Å². The lowest BCUT2D eigenvalue weighted by Gasteiger charge is -2.25. The lowest BCUT2D eigenvalue weighted by Crippen LogP contribution is -2.09. The van der Waals surface area contributed by atoms with Crippen LogP contribution in [0.4, 0.5) is 17.1 Å². The fourth-order valence-corrected chi connectivity index (χ4v) is 20.3. The minimum absolute atomic E-state index is 0.481. The smallest absolute Gasteiger partial charge is 0.246 e. The molecule has 0 saturated carbocycles. The zero-order valence-corrected chi connectivity index (χ0v) is 79.6. The van der Waals surface area contributed by atoms with Gasteiger partial charge in [-0.1, -0.05) is 218 Å². The fourth-order valence-electron chi connectivity index (χ4n) is 20.3. The van der Waals surface area contributed by atoms with Crippen molar-refractivity contribution in [3.63, 3.8) is 0 Å². The van der Waals surface area contributed by atoms with Gasteiger partial charge in [0.1, 0.15) is 39.1 Å². The van der Waals surface area contributed by atoms with E-state index < -0.39 is 0 Å². The molecule has 0 saturated heterocycles. The predicted octanol–water partition coefficient (Wildman–Crippen LogP) is 32.3. The molecule has 20 nitrogen and oxygen atoms in total. The van der Waals surface area contributed by atoms with Gasteiger partial charge in [0.2, 0.25) is 23.6 Å². The molecule has 0 aliphatic rings. The first-order valence-electron chi connectivity index (χ1n) is 49.0. The Morgan fingerprint density at radius 2 is 0.477 bits per heavy atom. The molecule has 0 aliphatic heterocycles. The molecule has 0 unspecified atom stereocenters. The Kier molecular flexibility index (Phi) is 22.0. The van der Waals surface area contributed by atoms with Gasteiger partial charge in [-0.05, 0) is 257 Å². The number of hydrogen-bond donors (Lipinski definition) is 0. The average molecular weight is 1920 g/mol. The first kappa shape index (κ1) is 87.3. The van der Waals surface area contributed by atoms with Gasteiger partial charge in [0.05, 0.1) is 87.2 Å². The van der Waals surface area contributed by atoms with Crippen LogP contribution in [-0.2, 0) is 0 Å². The van der Waals surface area contributed by atoms with E-state index in [1.807, 2.05) is 79.3 Å². The lowest BCUT2D eigenvalue weighted by molar-refractivity contribution is 0.615. The highest BCUT2D eigenvalue weighted by atomic mass is 16.4. The summed E-state index contributed by atoms with van der Waals surface area (Å²) in [6.07, 6.45) is 19.1. The molecule has 0 amide bonds. The number of oxazole rings is 4. The Hall–Kier alpha value is -20.8. The number of benzene rings is 15. The van der Waals surface area contributed by atoms with Crippen LogP contribution in [0.25, 0.3) is 245 Å². The molecule has 0 bridgehead atoms. The van der Waals surface area contributed by atoms with Gasteiger partial charge in [0, 0.05) is 114 Å². The van der Waals surface area contributed by atoms with Crippen LogP contribution in [0.2, 0.25) is 0 Å². The third-order valence-electron chi connectivity index (χ3n) is 27.3. The zero-order chi connectivity index (χ0) is 98.6. The van der Waals surface area contributed by atoms with E-state index in [-0.39, 0.29) is 0 Å². The van der Waals surface area contributed by atoms with Crippen LogP contribution in [0.5, 0.6) is 0 Å². The summed E-state index contributed by atoms with van der Waals surface area (Å²) < 4.78 is 32.6. The normalized spacial score (nSPS) is 11.5. The van der Waals surface area contributed by atoms with E-state index in [9.17, 15) is 0 Å². The lowest BCUT2D eigenvalue weighted by atomic mass is 10.0. The molecule has 15 aromatic carbocycles. The monoisotopic (exact) mass is 1920 g/mol. The van der Waals surface area contributed by atoms with Gasteiger partial charge in [-0.15, -0.1) is 0 Å². The number of aromatic nitrogens is 15. The van der Waals surface area contributed by atoms with Crippen LogP contribution in [0.3, 0.4) is 0 Å². The Labute approximate surface area is 851 Å². The van der Waals surface area contributed by atoms with Crippen LogP contribution < -0.4 is 4.90 Å². The summed E-state index contributed by atoms with van der Waals surface area (Å²) in [5.74, 6) is 2.15. The van der Waals surface area contributed by atoms with Crippen LogP contribution in [-0.4, -0.2) is 73.1 Å². The minimum Gasteiger partial charge on any atom is -0.434 e. The quantitative estimate of drug-likeness (QED) is 0.0932. The van der Waals surface area contributed by atoms with E-state index in [1.54, 1.807) is 49.6 Å². The molecule has 0 fully saturated rings. The molecule has 30 aromatic rings. The molecule has 0 atom stereocenters. The fraction of sp³-hybridized carbons (Fsp3) is 0. The molecule has 15 heterocycles. The number of anilines is 3. The van der Waals surface area contributed by atoms with Crippen molar-refractivity contribution in [2.75, 3.05) is 4.90 Å². The Bertz CT molecular complexity index is 9490. The molecule has 15 aromatic heterocycles. The maximum Gasteiger partial charge on any atom is 0.246 e. The molecule has 0 radical (unpaired) electrons. The van der Waals surface area contributed by atoms with Crippen molar-refractivity contribution >= 4 is 149 Å². The molecule has 30 rings (SSSR count). The molecule has 0 spiro atoms. The maximum absolute atomic E-state index is 5.96. The summed E-state index contributed by atoms with van der Waals surface area (Å²) in [5, 5.41) is 9.55. The Morgan fingerprint density at radius 1 is 0.181 bits per heavy atom. The van der Waals surface area contributed by atoms with Crippen molar-refractivity contribution in [3.8, 4) is 113 Å². The second kappa shape index (κ2) is 37.6. The van der Waals surface area contributed by atoms with E-state index in [2.05, 4.69) is 443 Å². The number of hydrogen-bond acceptors (Lipinski definition) is 16. The second-order valence-corrected chi connectivity index (χ2v) is 36.2. The number of nitrogens with zero attached hydrogens (tertiary/aromatic N) is 16. The van der Waals surface area contributed by atoms with Gasteiger partial charge in [-0.3, -0.25) is 24.5 Å². The molecule has 0 aliphatic carbocycles. The summed E-state index contributed by atoms with van der Waals surface area (Å²) in [5.41, 5.74) is 34.9. The van der Waals surface area contributed by atoms with E-state index in [1.165, 1.54) is 93.2 Å². The number of fused-ring (bicyclic) bond motifs is 16. The van der Waals surface area contributed by atoms with Crippen molar-refractivity contribution < 1.29 is 17.7 Å². The number of pyridine rings is 7. The summed E-state index contributed by atoms with van der Waals surface area (Å²) >= 11 is 0. The standard InChI is InChI=1S/C36H24N4O.C36H23N3O.C35H22N4O.C22H13N5O/c1-3-9-26(10-4-1)39(27-11-5-2-6-12-27)29-19-20-34-31(23-29)30-13-7-8-14-33(30)40(34)28-17-15-25(16-18-28)36-38-32-21-22-37-24-35(32)41-36;1-3-7-24(8-4-1)27-13-17-33-30(21-27)31-22-28(25-9-5-2-6-10-25)14-18-34(31)39(33)29-15-11-26(12-16-29)36-38-32-19-20-37-23-35(32)40-36;1-3-7-23(8-4-1)25-11-15-32-28(19-25)29-20-26(24-9-5-2-6-10-24)12-16-33(29)39(32)27-13-14-31(37-21-27)35-38-30-17-18-36-22-34(30)40-35;1-2-6-19-15(4-1)16-5-3-10-24-21(16)27(19)14-7-8-18(25-12-14)22-26-17-9-11-23-13-20(17)28-22/h1-24H;1-23H;1-22H;1-13H. The van der Waals surface area contributed by atoms with Crippen LogP contribution in [0.15, 0.2) is 517 Å². The maximum atomic E-state index is 5.96. The summed E-state index contributed by atoms with van der Waals surface area (Å²) in [7, 11) is 0. The van der Waals surface area contributed by atoms with E-state index in [0.717, 1.165) is 112 Å². The van der Waals surface area contributed by atoms with Crippen molar-refractivity contribution in [3.05, 3.63) is 499 Å². The highest BCUT2D eigenvalue weighted by Crippen LogP contribution is 2.45. The van der Waals surface area contributed by atoms with Crippen molar-refractivity contribution in [1.82, 2.24) is 73.1 Å². The Morgan fingerprint density at radius 3 is 0.852 bits per heavy atom. The van der Waals surface area contributed by atoms with Crippen LogP contribution in [0, 0.1) is 0 Å². The van der Waals surface area contributed by atoms with Crippen LogP contribution in [0.1, 0.15) is 0 Å². The summed E-state index contributed by atoms with van der Waals surface area (Å²) in [4.78, 5) is 51.0. The molecule has 20 heteroatoms. The van der Waals surface area contributed by atoms with Crippen molar-refractivity contribution in [2.45, 2.75) is 0 Å². The van der Waals surface area contributed by atoms with Gasteiger partial charge >= 0.3 is 0 Å². The number of rotatable bonds is 15. The molecule has 149 heavy (non-hydrogen) atoms. The average Bonchev–Trinajstić information content (AvgIpc) is 1.58. The van der Waals surface area contributed by atoms with Gasteiger partial charge in [0.25, 0.3) is 0 Å². The largest absolute Gasteiger partial charge is 0.434 e.